The number of fused-ring (bicyclic) bond motifs is 1. The molecule has 0 saturated heterocycles. The number of thiophene rings is 1. The lowest BCUT2D eigenvalue weighted by atomic mass is 10.4. The van der Waals surface area contributed by atoms with Crippen molar-refractivity contribution < 1.29 is 0 Å². The van der Waals surface area contributed by atoms with E-state index in [1.807, 2.05) is 16.8 Å². The second-order valence-corrected chi connectivity index (χ2v) is 7.17. The van der Waals surface area contributed by atoms with E-state index >= 15 is 0 Å². The highest BCUT2D eigenvalue weighted by atomic mass is 79.9. The molecule has 3 rings (SSSR count). The number of hydrogen-bond acceptors (Lipinski definition) is 5. The molecule has 0 radical (unpaired) electrons. The molecule has 0 unspecified atom stereocenters. The highest BCUT2D eigenvalue weighted by Gasteiger charge is 2.07. The van der Waals surface area contributed by atoms with Crippen molar-refractivity contribution in [2.45, 2.75) is 19.9 Å². The van der Waals surface area contributed by atoms with Crippen molar-refractivity contribution >= 4 is 44.5 Å². The molecular formula is C14H16BrN5S. The third-order valence-electron chi connectivity index (χ3n) is 2.99. The lowest BCUT2D eigenvalue weighted by molar-refractivity contribution is 0.960. The zero-order chi connectivity index (χ0) is 14.7. The molecule has 5 nitrogen and oxygen atoms in total. The first-order valence-corrected chi connectivity index (χ1v) is 8.43. The standard InChI is InChI=1S/C14H16BrN5S/c1-2-5-16-12-9-20-7-6-17-14(20)13(19-12)18-8-10-3-4-11(15)21-10/h3-4,6-7,9,16H,2,5,8H2,1H3,(H,18,19). The second kappa shape index (κ2) is 6.44. The Morgan fingerprint density at radius 3 is 3.00 bits per heavy atom. The predicted molar refractivity (Wildman–Crippen MR) is 91.1 cm³/mol. The molecule has 3 aromatic rings. The van der Waals surface area contributed by atoms with Crippen molar-refractivity contribution in [1.82, 2.24) is 14.4 Å². The molecule has 0 aliphatic rings. The zero-order valence-corrected chi connectivity index (χ0v) is 14.0. The van der Waals surface area contributed by atoms with Gasteiger partial charge < -0.3 is 15.0 Å². The van der Waals surface area contributed by atoms with Crippen LogP contribution >= 0.6 is 27.3 Å². The monoisotopic (exact) mass is 365 g/mol. The van der Waals surface area contributed by atoms with E-state index in [1.165, 1.54) is 4.88 Å². The molecule has 0 amide bonds. The minimum absolute atomic E-state index is 0.739. The van der Waals surface area contributed by atoms with E-state index in [9.17, 15) is 0 Å². The SMILES string of the molecule is CCCNc1cn2ccnc2c(NCc2ccc(Br)s2)n1. The first-order valence-electron chi connectivity index (χ1n) is 6.82. The van der Waals surface area contributed by atoms with Gasteiger partial charge in [0.25, 0.3) is 0 Å². The molecule has 21 heavy (non-hydrogen) atoms. The van der Waals surface area contributed by atoms with Crippen LogP contribution in [0.5, 0.6) is 0 Å². The molecule has 0 bridgehead atoms. The van der Waals surface area contributed by atoms with Crippen LogP contribution in [-0.4, -0.2) is 20.9 Å². The van der Waals surface area contributed by atoms with Gasteiger partial charge in [0, 0.05) is 23.8 Å². The van der Waals surface area contributed by atoms with Crippen molar-refractivity contribution in [2.24, 2.45) is 0 Å². The van der Waals surface area contributed by atoms with Gasteiger partial charge in [-0.05, 0) is 34.5 Å². The molecule has 0 saturated carbocycles. The summed E-state index contributed by atoms with van der Waals surface area (Å²) in [5.41, 5.74) is 0.840. The van der Waals surface area contributed by atoms with Crippen molar-refractivity contribution in [3.05, 3.63) is 39.4 Å². The van der Waals surface area contributed by atoms with Gasteiger partial charge in [0.05, 0.1) is 16.5 Å². The van der Waals surface area contributed by atoms with Gasteiger partial charge in [-0.3, -0.25) is 0 Å². The maximum absolute atomic E-state index is 4.62. The van der Waals surface area contributed by atoms with Gasteiger partial charge in [-0.2, -0.15) is 0 Å². The van der Waals surface area contributed by atoms with Crippen LogP contribution in [0.3, 0.4) is 0 Å². The molecule has 2 N–H and O–H groups in total. The van der Waals surface area contributed by atoms with Gasteiger partial charge in [-0.25, -0.2) is 9.97 Å². The summed E-state index contributed by atoms with van der Waals surface area (Å²) >= 11 is 5.20. The highest BCUT2D eigenvalue weighted by molar-refractivity contribution is 9.11. The minimum Gasteiger partial charge on any atom is -0.369 e. The van der Waals surface area contributed by atoms with Gasteiger partial charge >= 0.3 is 0 Å². The minimum atomic E-state index is 0.739. The molecular weight excluding hydrogens is 350 g/mol. The third kappa shape index (κ3) is 3.36. The van der Waals surface area contributed by atoms with Gasteiger partial charge in [0.2, 0.25) is 0 Å². The number of aromatic nitrogens is 3. The van der Waals surface area contributed by atoms with Crippen LogP contribution in [-0.2, 0) is 6.54 Å². The molecule has 0 fully saturated rings. The first-order chi connectivity index (χ1) is 10.3. The second-order valence-electron chi connectivity index (χ2n) is 4.62. The molecule has 0 spiro atoms. The fraction of sp³-hybridized carbons (Fsp3) is 0.286. The molecule has 0 aromatic carbocycles. The van der Waals surface area contributed by atoms with Gasteiger partial charge in [0.15, 0.2) is 11.5 Å². The Morgan fingerprint density at radius 1 is 1.33 bits per heavy atom. The smallest absolute Gasteiger partial charge is 0.180 e. The number of halogens is 1. The van der Waals surface area contributed by atoms with Crippen LogP contribution in [0, 0.1) is 0 Å². The van der Waals surface area contributed by atoms with E-state index in [2.05, 4.69) is 55.6 Å². The summed E-state index contributed by atoms with van der Waals surface area (Å²) in [5, 5.41) is 6.69. The Kier molecular flexibility index (Phi) is 4.40. The summed E-state index contributed by atoms with van der Waals surface area (Å²) in [5.74, 6) is 1.66. The van der Waals surface area contributed by atoms with Crippen molar-refractivity contribution in [2.75, 3.05) is 17.2 Å². The number of hydrogen-bond donors (Lipinski definition) is 2. The van der Waals surface area contributed by atoms with Crippen molar-refractivity contribution in [3.63, 3.8) is 0 Å². The Bertz CT molecular complexity index is 736. The summed E-state index contributed by atoms with van der Waals surface area (Å²) < 4.78 is 3.12. The highest BCUT2D eigenvalue weighted by Crippen LogP contribution is 2.23. The zero-order valence-electron chi connectivity index (χ0n) is 11.6. The molecule has 7 heteroatoms. The van der Waals surface area contributed by atoms with Crippen LogP contribution in [0.1, 0.15) is 18.2 Å². The number of imidazole rings is 1. The van der Waals surface area contributed by atoms with E-state index in [1.54, 1.807) is 17.5 Å². The summed E-state index contributed by atoms with van der Waals surface area (Å²) in [6.45, 7) is 3.78. The van der Waals surface area contributed by atoms with E-state index in [0.717, 1.165) is 40.6 Å². The topological polar surface area (TPSA) is 54.2 Å². The molecule has 110 valence electrons. The van der Waals surface area contributed by atoms with Crippen LogP contribution in [0.4, 0.5) is 11.6 Å². The van der Waals surface area contributed by atoms with Gasteiger partial charge in [-0.15, -0.1) is 11.3 Å². The fourth-order valence-electron chi connectivity index (χ4n) is 2.01. The Morgan fingerprint density at radius 2 is 2.24 bits per heavy atom. The molecule has 0 aliphatic carbocycles. The molecule has 3 aromatic heterocycles. The predicted octanol–water partition coefficient (Wildman–Crippen LogP) is 3.99. The first kappa shape index (κ1) is 14.3. The molecule has 0 atom stereocenters. The van der Waals surface area contributed by atoms with Crippen molar-refractivity contribution in [3.8, 4) is 0 Å². The van der Waals surface area contributed by atoms with Crippen LogP contribution in [0.15, 0.2) is 34.5 Å². The number of nitrogens with zero attached hydrogens (tertiary/aromatic N) is 3. The quantitative estimate of drug-likeness (QED) is 0.693. The Balaban J connectivity index is 1.83. The Hall–Kier alpha value is -1.60. The van der Waals surface area contributed by atoms with Gasteiger partial charge in [0.1, 0.15) is 5.82 Å². The molecule has 3 heterocycles. The average Bonchev–Trinajstić information content (AvgIpc) is 3.11. The summed E-state index contributed by atoms with van der Waals surface area (Å²) in [6, 6.07) is 4.16. The lowest BCUT2D eigenvalue weighted by Crippen LogP contribution is -2.08. The summed E-state index contributed by atoms with van der Waals surface area (Å²) in [4.78, 5) is 10.2. The van der Waals surface area contributed by atoms with Crippen molar-refractivity contribution in [1.29, 1.82) is 0 Å². The average molecular weight is 366 g/mol. The normalized spacial score (nSPS) is 11.0. The third-order valence-corrected chi connectivity index (χ3v) is 4.61. The van der Waals surface area contributed by atoms with Crippen LogP contribution in [0.2, 0.25) is 0 Å². The van der Waals surface area contributed by atoms with E-state index < -0.39 is 0 Å². The van der Waals surface area contributed by atoms with Gasteiger partial charge in [-0.1, -0.05) is 6.92 Å². The van der Waals surface area contributed by atoms with E-state index in [-0.39, 0.29) is 0 Å². The maximum Gasteiger partial charge on any atom is 0.180 e. The summed E-state index contributed by atoms with van der Waals surface area (Å²) in [7, 11) is 0. The van der Waals surface area contributed by atoms with Crippen LogP contribution < -0.4 is 10.6 Å². The maximum atomic E-state index is 4.62. The van der Waals surface area contributed by atoms with Crippen LogP contribution in [0.25, 0.3) is 5.65 Å². The van der Waals surface area contributed by atoms with E-state index in [0.29, 0.717) is 0 Å². The lowest BCUT2D eigenvalue weighted by Gasteiger charge is -2.10. The largest absolute Gasteiger partial charge is 0.369 e. The Labute approximate surface area is 135 Å². The fourth-order valence-corrected chi connectivity index (χ4v) is 3.43. The number of rotatable bonds is 6. The van der Waals surface area contributed by atoms with E-state index in [4.69, 9.17) is 0 Å². The number of nitrogens with one attached hydrogen (secondary N) is 2. The summed E-state index contributed by atoms with van der Waals surface area (Å²) in [6.07, 6.45) is 6.75. The molecule has 0 aliphatic heterocycles. The number of anilines is 2.